The van der Waals surface area contributed by atoms with E-state index in [0.717, 1.165) is 11.3 Å². The highest BCUT2D eigenvalue weighted by molar-refractivity contribution is 7.93. The number of esters is 1. The van der Waals surface area contributed by atoms with Gasteiger partial charge in [0.05, 0.1) is 11.1 Å². The van der Waals surface area contributed by atoms with E-state index in [1.807, 2.05) is 0 Å². The summed E-state index contributed by atoms with van der Waals surface area (Å²) in [6.07, 6.45) is 1.27. The molecular weight excluding hydrogens is 336 g/mol. The molecule has 1 heterocycles. The summed E-state index contributed by atoms with van der Waals surface area (Å²) in [6.45, 7) is 2.86. The lowest BCUT2D eigenvalue weighted by atomic mass is 10.2. The highest BCUT2D eigenvalue weighted by atomic mass is 35.5. The van der Waals surface area contributed by atoms with Crippen LogP contribution in [0.3, 0.4) is 0 Å². The third-order valence-electron chi connectivity index (χ3n) is 2.46. The molecular formula is C12H11ClN2O4S2. The topological polar surface area (TPSA) is 85.4 Å². The van der Waals surface area contributed by atoms with Gasteiger partial charge in [0.15, 0.2) is 5.13 Å². The Bertz CT molecular complexity index is 786. The van der Waals surface area contributed by atoms with Crippen molar-refractivity contribution in [2.75, 3.05) is 4.72 Å². The van der Waals surface area contributed by atoms with Crippen LogP contribution < -0.4 is 9.46 Å². The van der Waals surface area contributed by atoms with Crippen LogP contribution in [0, 0.1) is 6.92 Å². The Kier molecular flexibility index (Phi) is 4.50. The molecule has 0 bridgehead atoms. The average molecular weight is 347 g/mol. The van der Waals surface area contributed by atoms with Gasteiger partial charge in [-0.1, -0.05) is 29.0 Å². The number of carbonyl (C=O) groups is 1. The van der Waals surface area contributed by atoms with Crippen molar-refractivity contribution >= 4 is 44.1 Å². The molecule has 21 heavy (non-hydrogen) atoms. The van der Waals surface area contributed by atoms with Crippen molar-refractivity contribution in [1.29, 1.82) is 0 Å². The number of hydrogen-bond donors (Lipinski definition) is 1. The fourth-order valence-electron chi connectivity index (χ4n) is 1.54. The Labute approximate surface area is 130 Å². The Hall–Kier alpha value is -1.64. The molecule has 1 N–H and O–H groups in total. The number of halogens is 1. The maximum atomic E-state index is 12.3. The highest BCUT2D eigenvalue weighted by Gasteiger charge is 2.20. The smallest absolute Gasteiger partial charge is 0.308 e. The third-order valence-corrected chi connectivity index (χ3v) is 5.27. The fourth-order valence-corrected chi connectivity index (χ4v) is 3.99. The number of nitrogens with zero attached hydrogens (tertiary/aromatic N) is 1. The molecule has 2 aromatic rings. The van der Waals surface area contributed by atoms with Gasteiger partial charge >= 0.3 is 5.97 Å². The number of benzene rings is 1. The molecule has 0 spiro atoms. The molecule has 1 aromatic heterocycles. The molecule has 2 rings (SSSR count). The van der Waals surface area contributed by atoms with Gasteiger partial charge in [-0.25, -0.2) is 13.4 Å². The standard InChI is InChI=1S/C12H11ClN2O4S2/c1-7-9(13)4-3-5-10(7)21(17,18)15-12-14-6-11(20-12)19-8(2)16/h3-6H,1-2H3,(H,14,15). The maximum Gasteiger partial charge on any atom is 0.308 e. The zero-order valence-corrected chi connectivity index (χ0v) is 13.5. The zero-order chi connectivity index (χ0) is 15.6. The minimum absolute atomic E-state index is 0.0687. The molecule has 0 fully saturated rings. The Morgan fingerprint density at radius 1 is 1.43 bits per heavy atom. The van der Waals surface area contributed by atoms with Crippen molar-refractivity contribution in [2.45, 2.75) is 18.7 Å². The van der Waals surface area contributed by atoms with Crippen molar-refractivity contribution in [1.82, 2.24) is 4.98 Å². The number of carbonyl (C=O) groups excluding carboxylic acids is 1. The molecule has 0 aliphatic rings. The third kappa shape index (κ3) is 3.72. The van der Waals surface area contributed by atoms with E-state index in [4.69, 9.17) is 16.3 Å². The second-order valence-corrected chi connectivity index (χ2v) is 7.10. The van der Waals surface area contributed by atoms with Gasteiger partial charge in [0.2, 0.25) is 5.06 Å². The Morgan fingerprint density at radius 3 is 2.81 bits per heavy atom. The van der Waals surface area contributed by atoms with Gasteiger partial charge in [0.1, 0.15) is 0 Å². The minimum Gasteiger partial charge on any atom is -0.414 e. The summed E-state index contributed by atoms with van der Waals surface area (Å²) in [5.41, 5.74) is 0.448. The molecule has 9 heteroatoms. The van der Waals surface area contributed by atoms with Crippen LogP contribution in [0.25, 0.3) is 0 Å². The molecule has 0 atom stereocenters. The first-order valence-electron chi connectivity index (χ1n) is 5.72. The van der Waals surface area contributed by atoms with E-state index in [1.54, 1.807) is 19.1 Å². The van der Waals surface area contributed by atoms with Crippen molar-refractivity contribution in [3.63, 3.8) is 0 Å². The monoisotopic (exact) mass is 346 g/mol. The first-order valence-corrected chi connectivity index (χ1v) is 8.39. The van der Waals surface area contributed by atoms with Crippen LogP contribution in [0.1, 0.15) is 12.5 Å². The molecule has 0 radical (unpaired) electrons. The predicted molar refractivity (Wildman–Crippen MR) is 80.4 cm³/mol. The van der Waals surface area contributed by atoms with E-state index in [0.29, 0.717) is 10.6 Å². The second-order valence-electron chi connectivity index (χ2n) is 4.05. The van der Waals surface area contributed by atoms with Crippen LogP contribution in [0.4, 0.5) is 5.13 Å². The predicted octanol–water partition coefficient (Wildman–Crippen LogP) is 2.83. The van der Waals surface area contributed by atoms with E-state index in [1.165, 1.54) is 19.2 Å². The summed E-state index contributed by atoms with van der Waals surface area (Å²) in [4.78, 5) is 14.7. The van der Waals surface area contributed by atoms with Crippen LogP contribution in [0.2, 0.25) is 5.02 Å². The number of rotatable bonds is 4. The number of thiazole rings is 1. The normalized spacial score (nSPS) is 11.2. The molecule has 0 saturated heterocycles. The van der Waals surface area contributed by atoms with E-state index >= 15 is 0 Å². The van der Waals surface area contributed by atoms with Gasteiger partial charge < -0.3 is 4.74 Å². The zero-order valence-electron chi connectivity index (χ0n) is 11.1. The number of sulfonamides is 1. The number of ether oxygens (including phenoxy) is 1. The van der Waals surface area contributed by atoms with Gasteiger partial charge in [-0.2, -0.15) is 0 Å². The molecule has 0 saturated carbocycles. The summed E-state index contributed by atoms with van der Waals surface area (Å²) in [5.74, 6) is -0.501. The first kappa shape index (κ1) is 15.7. The van der Waals surface area contributed by atoms with E-state index in [-0.39, 0.29) is 15.1 Å². The minimum atomic E-state index is -3.81. The van der Waals surface area contributed by atoms with Gasteiger partial charge in [0, 0.05) is 11.9 Å². The average Bonchev–Trinajstić information content (AvgIpc) is 2.78. The van der Waals surface area contributed by atoms with Crippen molar-refractivity contribution in [3.8, 4) is 5.06 Å². The van der Waals surface area contributed by atoms with Gasteiger partial charge in [-0.05, 0) is 24.6 Å². The van der Waals surface area contributed by atoms with E-state index < -0.39 is 16.0 Å². The van der Waals surface area contributed by atoms with E-state index in [2.05, 4.69) is 9.71 Å². The molecule has 1 aromatic carbocycles. The number of anilines is 1. The van der Waals surface area contributed by atoms with Gasteiger partial charge in [0.25, 0.3) is 10.0 Å². The van der Waals surface area contributed by atoms with Crippen LogP contribution in [0.15, 0.2) is 29.3 Å². The summed E-state index contributed by atoms with van der Waals surface area (Å²) in [6, 6.07) is 4.61. The Balaban J connectivity index is 2.27. The number of nitrogens with one attached hydrogen (secondary N) is 1. The van der Waals surface area contributed by atoms with Crippen LogP contribution in [-0.2, 0) is 14.8 Å². The summed E-state index contributed by atoms with van der Waals surface area (Å²) in [7, 11) is -3.81. The quantitative estimate of drug-likeness (QED) is 0.860. The largest absolute Gasteiger partial charge is 0.414 e. The second kappa shape index (κ2) is 6.00. The summed E-state index contributed by atoms with van der Waals surface area (Å²) in [5, 5.41) is 0.672. The van der Waals surface area contributed by atoms with Crippen molar-refractivity contribution in [3.05, 3.63) is 35.0 Å². The van der Waals surface area contributed by atoms with Crippen molar-refractivity contribution in [2.24, 2.45) is 0 Å². The van der Waals surface area contributed by atoms with Crippen molar-refractivity contribution < 1.29 is 17.9 Å². The summed E-state index contributed by atoms with van der Waals surface area (Å²) >= 11 is 6.84. The molecule has 0 aliphatic heterocycles. The SMILES string of the molecule is CC(=O)Oc1cnc(NS(=O)(=O)c2cccc(Cl)c2C)s1. The van der Waals surface area contributed by atoms with E-state index in [9.17, 15) is 13.2 Å². The lowest BCUT2D eigenvalue weighted by Gasteiger charge is -2.08. The van der Waals surface area contributed by atoms with Gasteiger partial charge in [-0.15, -0.1) is 0 Å². The summed E-state index contributed by atoms with van der Waals surface area (Å²) < 4.78 is 31.7. The molecule has 0 amide bonds. The maximum absolute atomic E-state index is 12.3. The lowest BCUT2D eigenvalue weighted by Crippen LogP contribution is -2.14. The molecule has 112 valence electrons. The number of aromatic nitrogens is 1. The fraction of sp³-hybridized carbons (Fsp3) is 0.167. The van der Waals surface area contributed by atoms with Crippen LogP contribution >= 0.6 is 22.9 Å². The highest BCUT2D eigenvalue weighted by Crippen LogP contribution is 2.29. The molecule has 6 nitrogen and oxygen atoms in total. The molecule has 0 aliphatic carbocycles. The van der Waals surface area contributed by atoms with Crippen LogP contribution in [0.5, 0.6) is 5.06 Å². The van der Waals surface area contributed by atoms with Gasteiger partial charge in [-0.3, -0.25) is 9.52 Å². The Morgan fingerprint density at radius 2 is 2.14 bits per heavy atom. The number of hydrogen-bond acceptors (Lipinski definition) is 6. The molecule has 0 unspecified atom stereocenters. The van der Waals surface area contributed by atoms with Crippen LogP contribution in [-0.4, -0.2) is 19.4 Å². The first-order chi connectivity index (χ1) is 9.79. The lowest BCUT2D eigenvalue weighted by molar-refractivity contribution is -0.131.